The molecule has 1 aromatic rings. The summed E-state index contributed by atoms with van der Waals surface area (Å²) < 4.78 is 1.11. The fourth-order valence-electron chi connectivity index (χ4n) is 1.00. The lowest BCUT2D eigenvalue weighted by Gasteiger charge is -2.12. The molecular weight excluding hydrogens is 184 g/mol. The number of urea groups is 1. The number of hydrogen-bond donors (Lipinski definition) is 2. The number of aryl methyl sites for hydroxylation is 1. The summed E-state index contributed by atoms with van der Waals surface area (Å²) >= 11 is 3.94. The summed E-state index contributed by atoms with van der Waals surface area (Å²) in [5, 5.41) is 0. The first-order valence-corrected chi connectivity index (χ1v) is 4.42. The number of amides is 2. The van der Waals surface area contributed by atoms with Gasteiger partial charge in [-0.3, -0.25) is 0 Å². The quantitative estimate of drug-likeness (QED) is 0.698. The molecule has 0 aliphatic rings. The van der Waals surface area contributed by atoms with Gasteiger partial charge in [-0.15, -0.1) is 0 Å². The van der Waals surface area contributed by atoms with E-state index in [4.69, 9.17) is 5.73 Å². The van der Waals surface area contributed by atoms with E-state index in [1.54, 1.807) is 0 Å². The highest BCUT2D eigenvalue weighted by atomic mass is 32.1. The van der Waals surface area contributed by atoms with Crippen molar-refractivity contribution in [2.24, 2.45) is 5.73 Å². The number of nitrogens with two attached hydrogens (primary N) is 1. The van der Waals surface area contributed by atoms with Gasteiger partial charge in [0.15, 0.2) is 0 Å². The highest BCUT2D eigenvalue weighted by Crippen LogP contribution is 2.16. The Morgan fingerprint density at radius 2 is 2.00 bits per heavy atom. The van der Waals surface area contributed by atoms with Gasteiger partial charge < -0.3 is 5.73 Å². The number of benzene rings is 1. The minimum absolute atomic E-state index is 0.576. The highest BCUT2D eigenvalue weighted by Gasteiger charge is 2.06. The SMILES string of the molecule is CCc1ccc(N(S)C(N)=O)cc1. The van der Waals surface area contributed by atoms with Crippen LogP contribution >= 0.6 is 12.8 Å². The molecule has 13 heavy (non-hydrogen) atoms. The minimum atomic E-state index is -0.576. The van der Waals surface area contributed by atoms with Crippen molar-refractivity contribution < 1.29 is 4.79 Å². The molecule has 0 spiro atoms. The predicted molar refractivity (Wildman–Crippen MR) is 56.9 cm³/mol. The van der Waals surface area contributed by atoms with Gasteiger partial charge in [-0.05, 0) is 24.1 Å². The molecule has 0 saturated heterocycles. The molecule has 2 N–H and O–H groups in total. The minimum Gasteiger partial charge on any atom is -0.350 e. The van der Waals surface area contributed by atoms with Gasteiger partial charge in [0.2, 0.25) is 0 Å². The van der Waals surface area contributed by atoms with E-state index in [2.05, 4.69) is 19.7 Å². The number of rotatable bonds is 2. The van der Waals surface area contributed by atoms with Gasteiger partial charge in [0.25, 0.3) is 0 Å². The summed E-state index contributed by atoms with van der Waals surface area (Å²) in [6.45, 7) is 2.07. The summed E-state index contributed by atoms with van der Waals surface area (Å²) in [7, 11) is 0. The van der Waals surface area contributed by atoms with Gasteiger partial charge >= 0.3 is 6.03 Å². The van der Waals surface area contributed by atoms with E-state index in [1.165, 1.54) is 5.56 Å². The molecule has 3 nitrogen and oxygen atoms in total. The van der Waals surface area contributed by atoms with Gasteiger partial charge in [-0.2, -0.15) is 0 Å². The lowest BCUT2D eigenvalue weighted by Crippen LogP contribution is -2.27. The fraction of sp³-hybridized carbons (Fsp3) is 0.222. The second-order valence-corrected chi connectivity index (χ2v) is 3.07. The van der Waals surface area contributed by atoms with Crippen LogP contribution in [0.5, 0.6) is 0 Å². The van der Waals surface area contributed by atoms with Crippen molar-refractivity contribution in [1.29, 1.82) is 0 Å². The fourth-order valence-corrected chi connectivity index (χ4v) is 1.13. The Hall–Kier alpha value is -1.16. The van der Waals surface area contributed by atoms with E-state index in [1.807, 2.05) is 24.3 Å². The second-order valence-electron chi connectivity index (χ2n) is 2.67. The van der Waals surface area contributed by atoms with Crippen molar-refractivity contribution in [3.8, 4) is 0 Å². The van der Waals surface area contributed by atoms with Gasteiger partial charge in [-0.25, -0.2) is 9.10 Å². The Bertz CT molecular complexity index is 297. The molecule has 4 heteroatoms. The van der Waals surface area contributed by atoms with E-state index in [0.29, 0.717) is 5.69 Å². The van der Waals surface area contributed by atoms with Crippen LogP contribution < -0.4 is 10.0 Å². The normalized spacial score (nSPS) is 9.69. The zero-order chi connectivity index (χ0) is 9.84. The monoisotopic (exact) mass is 196 g/mol. The molecule has 0 aromatic heterocycles. The largest absolute Gasteiger partial charge is 0.350 e. The number of thiol groups is 1. The van der Waals surface area contributed by atoms with E-state index >= 15 is 0 Å². The van der Waals surface area contributed by atoms with Crippen molar-refractivity contribution in [3.05, 3.63) is 29.8 Å². The standard InChI is InChI=1S/C9H12N2OS/c1-2-7-3-5-8(6-4-7)11(13)9(10)12/h3-6,13H,2H2,1H3,(H2,10,12). The predicted octanol–water partition coefficient (Wildman–Crippen LogP) is 1.98. The van der Waals surface area contributed by atoms with Crippen molar-refractivity contribution in [2.45, 2.75) is 13.3 Å². The van der Waals surface area contributed by atoms with Crippen LogP contribution in [0.25, 0.3) is 0 Å². The molecule has 0 unspecified atom stereocenters. The third-order valence-electron chi connectivity index (χ3n) is 1.80. The molecule has 2 amide bonds. The number of carbonyl (C=O) groups excluding carboxylic acids is 1. The van der Waals surface area contributed by atoms with Crippen LogP contribution in [-0.2, 0) is 6.42 Å². The lowest BCUT2D eigenvalue weighted by atomic mass is 10.1. The molecule has 0 bridgehead atoms. The van der Waals surface area contributed by atoms with Crippen LogP contribution in [0.3, 0.4) is 0 Å². The second kappa shape index (κ2) is 4.18. The Labute approximate surface area is 83.1 Å². The van der Waals surface area contributed by atoms with Crippen LogP contribution in [0.2, 0.25) is 0 Å². The lowest BCUT2D eigenvalue weighted by molar-refractivity contribution is 0.257. The molecule has 0 fully saturated rings. The first-order valence-electron chi connectivity index (χ1n) is 4.02. The number of nitrogens with zero attached hydrogens (tertiary/aromatic N) is 1. The maximum atomic E-state index is 10.7. The van der Waals surface area contributed by atoms with Crippen molar-refractivity contribution in [2.75, 3.05) is 4.31 Å². The van der Waals surface area contributed by atoms with E-state index in [0.717, 1.165) is 10.7 Å². The van der Waals surface area contributed by atoms with Crippen molar-refractivity contribution in [3.63, 3.8) is 0 Å². The summed E-state index contributed by atoms with van der Waals surface area (Å²) in [4.78, 5) is 10.7. The highest BCUT2D eigenvalue weighted by molar-refractivity contribution is 7.82. The summed E-state index contributed by atoms with van der Waals surface area (Å²) in [5.41, 5.74) is 6.95. The molecule has 0 heterocycles. The molecule has 0 radical (unpaired) electrons. The van der Waals surface area contributed by atoms with Crippen LogP contribution in [0.1, 0.15) is 12.5 Å². The van der Waals surface area contributed by atoms with E-state index < -0.39 is 6.03 Å². The summed E-state index contributed by atoms with van der Waals surface area (Å²) in [6.07, 6.45) is 0.976. The zero-order valence-corrected chi connectivity index (χ0v) is 8.29. The van der Waals surface area contributed by atoms with Gasteiger partial charge in [-0.1, -0.05) is 31.9 Å². The third-order valence-corrected chi connectivity index (χ3v) is 2.23. The van der Waals surface area contributed by atoms with Crippen LogP contribution in [0, 0.1) is 0 Å². The Morgan fingerprint density at radius 3 is 2.38 bits per heavy atom. The molecule has 0 atom stereocenters. The smallest absolute Gasteiger partial charge is 0.329 e. The maximum absolute atomic E-state index is 10.7. The maximum Gasteiger partial charge on any atom is 0.329 e. The Balaban J connectivity index is 2.85. The Morgan fingerprint density at radius 1 is 1.46 bits per heavy atom. The molecular formula is C9H12N2OS. The van der Waals surface area contributed by atoms with E-state index in [9.17, 15) is 4.79 Å². The van der Waals surface area contributed by atoms with Crippen molar-refractivity contribution >= 4 is 24.5 Å². The summed E-state index contributed by atoms with van der Waals surface area (Å²) in [5.74, 6) is 0. The van der Waals surface area contributed by atoms with Crippen LogP contribution in [0.15, 0.2) is 24.3 Å². The molecule has 1 rings (SSSR count). The molecule has 70 valence electrons. The number of anilines is 1. The Kier molecular flexibility index (Phi) is 3.19. The third kappa shape index (κ3) is 2.39. The number of hydrogen-bond acceptors (Lipinski definition) is 2. The number of primary amides is 1. The first kappa shape index (κ1) is 9.92. The van der Waals surface area contributed by atoms with Crippen LogP contribution in [-0.4, -0.2) is 6.03 Å². The topological polar surface area (TPSA) is 46.3 Å². The molecule has 1 aromatic carbocycles. The van der Waals surface area contributed by atoms with Gasteiger partial charge in [0, 0.05) is 0 Å². The molecule has 0 saturated carbocycles. The summed E-state index contributed by atoms with van der Waals surface area (Å²) in [6, 6.07) is 6.95. The average Bonchev–Trinajstić information content (AvgIpc) is 2.17. The zero-order valence-electron chi connectivity index (χ0n) is 7.40. The molecule has 0 aliphatic carbocycles. The van der Waals surface area contributed by atoms with Crippen LogP contribution in [0.4, 0.5) is 10.5 Å². The number of carbonyl (C=O) groups is 1. The molecule has 0 aliphatic heterocycles. The van der Waals surface area contributed by atoms with E-state index in [-0.39, 0.29) is 0 Å². The van der Waals surface area contributed by atoms with Gasteiger partial charge in [0.1, 0.15) is 0 Å². The first-order chi connectivity index (χ1) is 6.15. The average molecular weight is 196 g/mol. The van der Waals surface area contributed by atoms with Crippen molar-refractivity contribution in [1.82, 2.24) is 0 Å². The van der Waals surface area contributed by atoms with Gasteiger partial charge in [0.05, 0.1) is 5.69 Å².